The molecule has 0 atom stereocenters. The maximum atomic E-state index is 13.8. The molecular weight excluding hydrogens is 245 g/mol. The summed E-state index contributed by atoms with van der Waals surface area (Å²) in [6, 6.07) is 8.19. The Morgan fingerprint density at radius 3 is 2.88 bits per heavy atom. The van der Waals surface area contributed by atoms with Crippen LogP contribution in [0.15, 0.2) is 46.9 Å². The van der Waals surface area contributed by atoms with Crippen LogP contribution in [0.1, 0.15) is 4.88 Å². The van der Waals surface area contributed by atoms with Gasteiger partial charge in [0.25, 0.3) is 5.82 Å². The number of fused-ring (bicyclic) bond motifs is 1. The molecule has 0 radical (unpaired) electrons. The van der Waals surface area contributed by atoms with Gasteiger partial charge in [-0.15, -0.1) is 11.3 Å². The molecule has 0 amide bonds. The summed E-state index contributed by atoms with van der Waals surface area (Å²) >= 11 is 1.32. The van der Waals surface area contributed by atoms with Crippen molar-refractivity contribution in [1.29, 1.82) is 0 Å². The predicted molar refractivity (Wildman–Crippen MR) is 61.6 cm³/mol. The molecule has 3 nitrogen and oxygen atoms in total. The van der Waals surface area contributed by atoms with Gasteiger partial charge in [0.05, 0.1) is 6.20 Å². The van der Waals surface area contributed by atoms with Crippen LogP contribution < -0.4 is 4.48 Å². The molecule has 0 fully saturated rings. The number of nitrogens with zero attached hydrogens (tertiary/aromatic N) is 2. The van der Waals surface area contributed by atoms with Crippen LogP contribution in [0.25, 0.3) is 0 Å². The summed E-state index contributed by atoms with van der Waals surface area (Å²) in [6.45, 7) is 0. The van der Waals surface area contributed by atoms with Gasteiger partial charge < -0.3 is 17.8 Å². The Balaban J connectivity index is 2.15. The summed E-state index contributed by atoms with van der Waals surface area (Å²) in [4.78, 5) is 4.69. The molecule has 7 heteroatoms. The maximum absolute atomic E-state index is 13.8. The van der Waals surface area contributed by atoms with Crippen LogP contribution in [0.2, 0.25) is 0 Å². The Kier molecular flexibility index (Phi) is 2.22. The van der Waals surface area contributed by atoms with Crippen LogP contribution in [0.5, 0.6) is 0 Å². The first kappa shape index (κ1) is 10.4. The molecule has 0 aromatic carbocycles. The lowest BCUT2D eigenvalue weighted by Crippen LogP contribution is -2.63. The Morgan fingerprint density at radius 1 is 1.24 bits per heavy atom. The first-order valence-corrected chi connectivity index (χ1v) is 5.88. The molecule has 3 rings (SSSR count). The number of rotatable bonds is 1. The van der Waals surface area contributed by atoms with Crippen molar-refractivity contribution >= 4 is 30.1 Å². The van der Waals surface area contributed by atoms with Crippen molar-refractivity contribution in [3.05, 3.63) is 46.8 Å². The molecule has 0 unspecified atom stereocenters. The van der Waals surface area contributed by atoms with Gasteiger partial charge in [0, 0.05) is 6.07 Å². The van der Waals surface area contributed by atoms with E-state index in [1.165, 1.54) is 29.7 Å². The van der Waals surface area contributed by atoms with E-state index in [9.17, 15) is 8.63 Å². The van der Waals surface area contributed by atoms with E-state index in [0.29, 0.717) is 4.88 Å². The second-order valence-corrected chi connectivity index (χ2v) is 4.49. The molecule has 3 heterocycles. The van der Waals surface area contributed by atoms with Gasteiger partial charge in [0.1, 0.15) is 4.88 Å². The summed E-state index contributed by atoms with van der Waals surface area (Å²) in [5, 5.41) is 1.79. The molecule has 0 aliphatic carbocycles. The van der Waals surface area contributed by atoms with Gasteiger partial charge in [-0.1, -0.05) is 12.1 Å². The Labute approximate surface area is 100 Å². The summed E-state index contributed by atoms with van der Waals surface area (Å²) in [5.74, 6) is 0.184. The quantitative estimate of drug-likeness (QED) is 0.715. The van der Waals surface area contributed by atoms with Crippen LogP contribution >= 0.6 is 11.3 Å². The lowest BCUT2D eigenvalue weighted by molar-refractivity contribution is -0.568. The molecule has 17 heavy (non-hydrogen) atoms. The molecule has 2 aromatic heterocycles. The van der Waals surface area contributed by atoms with Gasteiger partial charge in [0.15, 0.2) is 0 Å². The second kappa shape index (κ2) is 3.63. The summed E-state index contributed by atoms with van der Waals surface area (Å²) in [5.41, 5.74) is 0. The van der Waals surface area contributed by atoms with E-state index in [1.807, 2.05) is 0 Å². The van der Waals surface area contributed by atoms with E-state index in [2.05, 4.69) is 4.99 Å². The van der Waals surface area contributed by atoms with Crippen molar-refractivity contribution in [3.63, 3.8) is 0 Å². The van der Waals surface area contributed by atoms with E-state index in [0.717, 1.165) is 4.48 Å². The first-order valence-electron chi connectivity index (χ1n) is 5.00. The predicted octanol–water partition coefficient (Wildman–Crippen LogP) is 2.37. The van der Waals surface area contributed by atoms with Crippen molar-refractivity contribution < 1.29 is 17.8 Å². The summed E-state index contributed by atoms with van der Waals surface area (Å²) < 4.78 is 33.0. The monoisotopic (exact) mass is 252 g/mol. The van der Waals surface area contributed by atoms with Crippen molar-refractivity contribution in [2.75, 3.05) is 0 Å². The van der Waals surface area contributed by atoms with E-state index in [1.54, 1.807) is 23.6 Å². The Bertz CT molecular complexity index is 586. The maximum Gasteiger partial charge on any atom is 0.736 e. The molecule has 0 spiro atoms. The van der Waals surface area contributed by atoms with E-state index in [4.69, 9.17) is 4.65 Å². The van der Waals surface area contributed by atoms with E-state index < -0.39 is 7.04 Å². The highest BCUT2D eigenvalue weighted by Gasteiger charge is 2.46. The minimum atomic E-state index is -4.09. The molecule has 1 aliphatic rings. The Hall–Kier alpha value is -1.76. The standard InChI is InChI=1S/C10H7BF2N2OS/c12-11(13)15-6-2-1-5-9(15)14-10(16-11)8-4-3-7-17-8/h1-7H. The number of halogens is 2. The van der Waals surface area contributed by atoms with Gasteiger partial charge in [-0.2, -0.15) is 0 Å². The minimum absolute atomic E-state index is 0.0174. The van der Waals surface area contributed by atoms with Crippen molar-refractivity contribution in [2.24, 2.45) is 4.99 Å². The number of aliphatic imine (C=N–C) groups is 1. The zero-order chi connectivity index (χ0) is 11.9. The lowest BCUT2D eigenvalue weighted by Gasteiger charge is -2.26. The minimum Gasteiger partial charge on any atom is -0.589 e. The number of aromatic nitrogens is 1. The number of hydrogen-bond acceptors (Lipinski definition) is 3. The van der Waals surface area contributed by atoms with Crippen molar-refractivity contribution in [1.82, 2.24) is 0 Å². The largest absolute Gasteiger partial charge is 0.736 e. The number of hydrogen-bond donors (Lipinski definition) is 0. The van der Waals surface area contributed by atoms with E-state index >= 15 is 0 Å². The van der Waals surface area contributed by atoms with Crippen LogP contribution in [0, 0.1) is 0 Å². The smallest absolute Gasteiger partial charge is 0.589 e. The van der Waals surface area contributed by atoms with Gasteiger partial charge in [-0.25, -0.2) is 0 Å². The fourth-order valence-corrected chi connectivity index (χ4v) is 2.29. The van der Waals surface area contributed by atoms with Gasteiger partial charge >= 0.3 is 12.9 Å². The molecule has 0 saturated carbocycles. The highest BCUT2D eigenvalue weighted by molar-refractivity contribution is 7.12. The fourth-order valence-electron chi connectivity index (χ4n) is 1.63. The third-order valence-electron chi connectivity index (χ3n) is 2.39. The molecule has 2 aromatic rings. The summed E-state index contributed by atoms with van der Waals surface area (Å²) in [7, 11) is -4.09. The summed E-state index contributed by atoms with van der Waals surface area (Å²) in [6.07, 6.45) is 1.27. The molecule has 0 bridgehead atoms. The Morgan fingerprint density at radius 2 is 2.12 bits per heavy atom. The molecular formula is C10H7BF2N2OS. The highest BCUT2D eigenvalue weighted by Crippen LogP contribution is 2.23. The number of thiophene rings is 1. The van der Waals surface area contributed by atoms with Crippen LogP contribution in [-0.4, -0.2) is 12.9 Å². The topological polar surface area (TPSA) is 25.5 Å². The van der Waals surface area contributed by atoms with Crippen LogP contribution in [0.3, 0.4) is 0 Å². The van der Waals surface area contributed by atoms with Crippen LogP contribution in [0.4, 0.5) is 14.4 Å². The zero-order valence-corrected chi connectivity index (χ0v) is 9.40. The van der Waals surface area contributed by atoms with Crippen molar-refractivity contribution in [3.8, 4) is 0 Å². The third kappa shape index (κ3) is 1.72. The van der Waals surface area contributed by atoms with Gasteiger partial charge in [0.2, 0.25) is 0 Å². The zero-order valence-electron chi connectivity index (χ0n) is 8.59. The van der Waals surface area contributed by atoms with Gasteiger partial charge in [-0.05, 0) is 22.5 Å². The SMILES string of the molecule is F[B-]1(F)OC(c2cccs2)=Nc2cccc[n+]21. The highest BCUT2D eigenvalue weighted by atomic mass is 32.1. The second-order valence-electron chi connectivity index (χ2n) is 3.54. The number of pyridine rings is 1. The molecule has 86 valence electrons. The molecule has 0 N–H and O–H groups in total. The fraction of sp³-hybridized carbons (Fsp3) is 0. The molecule has 0 saturated heterocycles. The molecule has 1 aliphatic heterocycles. The van der Waals surface area contributed by atoms with E-state index in [-0.39, 0.29) is 11.7 Å². The third-order valence-corrected chi connectivity index (χ3v) is 3.25. The van der Waals surface area contributed by atoms with Crippen molar-refractivity contribution in [2.45, 2.75) is 0 Å². The first-order chi connectivity index (χ1) is 8.17. The average molecular weight is 252 g/mol. The average Bonchev–Trinajstić information content (AvgIpc) is 2.81. The van der Waals surface area contributed by atoms with Crippen LogP contribution in [-0.2, 0) is 4.65 Å². The lowest BCUT2D eigenvalue weighted by atomic mass is 10.0. The normalized spacial score (nSPS) is 16.9. The van der Waals surface area contributed by atoms with Gasteiger partial charge in [-0.3, -0.25) is 0 Å².